The zero-order valence-corrected chi connectivity index (χ0v) is 21.9. The number of allylic oxidation sites excluding steroid dienone is 4. The molecule has 0 unspecified atom stereocenters. The van der Waals surface area contributed by atoms with E-state index in [0.717, 1.165) is 19.3 Å². The molecular formula is C36H34. The molecule has 0 fully saturated rings. The van der Waals surface area contributed by atoms with Crippen LogP contribution in [0.4, 0.5) is 0 Å². The molecule has 2 aliphatic carbocycles. The van der Waals surface area contributed by atoms with Crippen LogP contribution in [-0.2, 0) is 12.8 Å². The largest absolute Gasteiger partial charge is 0.0650 e. The van der Waals surface area contributed by atoms with Gasteiger partial charge in [0.1, 0.15) is 0 Å². The first-order valence-electron chi connectivity index (χ1n) is 13.2. The molecule has 178 valence electrons. The van der Waals surface area contributed by atoms with E-state index < -0.39 is 0 Å². The molecule has 6 rings (SSSR count). The maximum absolute atomic E-state index is 2.46. The summed E-state index contributed by atoms with van der Waals surface area (Å²) >= 11 is 0. The second-order valence-electron chi connectivity index (χ2n) is 11.2. The highest BCUT2D eigenvalue weighted by atomic mass is 14.4. The fourth-order valence-corrected chi connectivity index (χ4v) is 6.74. The number of hydrogen-bond acceptors (Lipinski definition) is 0. The second-order valence-corrected chi connectivity index (χ2v) is 11.2. The average Bonchev–Trinajstić information content (AvgIpc) is 3.40. The second kappa shape index (κ2) is 8.79. The third-order valence-electron chi connectivity index (χ3n) is 8.17. The summed E-state index contributed by atoms with van der Waals surface area (Å²) in [5.74, 6) is 0. The summed E-state index contributed by atoms with van der Waals surface area (Å²) in [5.41, 5.74) is 17.4. The predicted molar refractivity (Wildman–Crippen MR) is 155 cm³/mol. The molecule has 0 heterocycles. The van der Waals surface area contributed by atoms with E-state index in [2.05, 4.69) is 125 Å². The Kier molecular flexibility index (Phi) is 5.56. The van der Waals surface area contributed by atoms with E-state index in [1.807, 2.05) is 0 Å². The molecule has 4 aromatic rings. The first-order valence-corrected chi connectivity index (χ1v) is 13.2. The number of rotatable bonds is 5. The molecule has 36 heavy (non-hydrogen) atoms. The van der Waals surface area contributed by atoms with Crippen LogP contribution in [0.1, 0.15) is 56.4 Å². The van der Waals surface area contributed by atoms with Crippen LogP contribution in [-0.4, -0.2) is 0 Å². The van der Waals surface area contributed by atoms with Crippen molar-refractivity contribution in [2.45, 2.75) is 47.0 Å². The molecule has 0 amide bonds. The van der Waals surface area contributed by atoms with Crippen LogP contribution < -0.4 is 0 Å². The highest BCUT2D eigenvalue weighted by molar-refractivity contribution is 5.92. The molecule has 0 nitrogen and oxygen atoms in total. The summed E-state index contributed by atoms with van der Waals surface area (Å²) < 4.78 is 0. The van der Waals surface area contributed by atoms with Gasteiger partial charge in [-0.3, -0.25) is 0 Å². The molecule has 4 aromatic carbocycles. The molecule has 0 aromatic heterocycles. The SMILES string of the molecule is CC1=C(CC(C)(C)C2=C(C)Cc3cccc(-c4ccccc4)c32)c2c(cccc2-c2ccccc2)C1. The van der Waals surface area contributed by atoms with Gasteiger partial charge in [0.2, 0.25) is 0 Å². The topological polar surface area (TPSA) is 0 Å². The van der Waals surface area contributed by atoms with E-state index in [-0.39, 0.29) is 5.41 Å². The van der Waals surface area contributed by atoms with Crippen molar-refractivity contribution in [2.75, 3.05) is 0 Å². The molecule has 0 radical (unpaired) electrons. The monoisotopic (exact) mass is 466 g/mol. The fraction of sp³-hybridized carbons (Fsp3) is 0.222. The van der Waals surface area contributed by atoms with Crippen molar-refractivity contribution < 1.29 is 0 Å². The third-order valence-corrected chi connectivity index (χ3v) is 8.17. The molecular weight excluding hydrogens is 432 g/mol. The molecule has 2 aliphatic rings. The Morgan fingerprint density at radius 3 is 1.64 bits per heavy atom. The molecule has 0 saturated carbocycles. The Morgan fingerprint density at radius 2 is 1.06 bits per heavy atom. The van der Waals surface area contributed by atoms with E-state index in [1.54, 1.807) is 11.1 Å². The first-order chi connectivity index (χ1) is 17.4. The Balaban J connectivity index is 1.44. The summed E-state index contributed by atoms with van der Waals surface area (Å²) in [6.07, 6.45) is 3.16. The van der Waals surface area contributed by atoms with E-state index in [4.69, 9.17) is 0 Å². The lowest BCUT2D eigenvalue weighted by Crippen LogP contribution is -2.16. The Bertz CT molecular complexity index is 1510. The summed E-state index contributed by atoms with van der Waals surface area (Å²) in [6.45, 7) is 9.63. The lowest BCUT2D eigenvalue weighted by atomic mass is 9.72. The van der Waals surface area contributed by atoms with Crippen molar-refractivity contribution in [2.24, 2.45) is 5.41 Å². The maximum atomic E-state index is 2.46. The van der Waals surface area contributed by atoms with Crippen LogP contribution >= 0.6 is 0 Å². The first kappa shape index (κ1) is 22.8. The minimum Gasteiger partial charge on any atom is -0.0650 e. The van der Waals surface area contributed by atoms with Gasteiger partial charge in [-0.1, -0.05) is 122 Å². The van der Waals surface area contributed by atoms with Crippen molar-refractivity contribution in [3.05, 3.63) is 130 Å². The predicted octanol–water partition coefficient (Wildman–Crippen LogP) is 9.80. The third kappa shape index (κ3) is 3.77. The molecule has 0 N–H and O–H groups in total. The summed E-state index contributed by atoms with van der Waals surface area (Å²) in [4.78, 5) is 0. The summed E-state index contributed by atoms with van der Waals surface area (Å²) in [7, 11) is 0. The van der Waals surface area contributed by atoms with E-state index in [0.29, 0.717) is 0 Å². The van der Waals surface area contributed by atoms with Gasteiger partial charge in [-0.15, -0.1) is 0 Å². The van der Waals surface area contributed by atoms with Gasteiger partial charge < -0.3 is 0 Å². The highest BCUT2D eigenvalue weighted by Gasteiger charge is 2.36. The Hall–Kier alpha value is -3.64. The number of benzene rings is 4. The maximum Gasteiger partial charge on any atom is -0.00572 e. The van der Waals surface area contributed by atoms with Crippen molar-refractivity contribution >= 4 is 11.1 Å². The molecule has 0 bridgehead atoms. The van der Waals surface area contributed by atoms with Crippen LogP contribution in [0.15, 0.2) is 108 Å². The van der Waals surface area contributed by atoms with Gasteiger partial charge in [-0.2, -0.15) is 0 Å². The minimum absolute atomic E-state index is 0.0161. The lowest BCUT2D eigenvalue weighted by molar-refractivity contribution is 0.516. The van der Waals surface area contributed by atoms with Gasteiger partial charge in [-0.05, 0) is 94.2 Å². The van der Waals surface area contributed by atoms with Crippen LogP contribution in [0, 0.1) is 5.41 Å². The van der Waals surface area contributed by atoms with Gasteiger partial charge in [0.15, 0.2) is 0 Å². The van der Waals surface area contributed by atoms with E-state index in [1.165, 1.54) is 55.7 Å². The van der Waals surface area contributed by atoms with Crippen molar-refractivity contribution in [3.63, 3.8) is 0 Å². The van der Waals surface area contributed by atoms with Crippen molar-refractivity contribution in [1.82, 2.24) is 0 Å². The van der Waals surface area contributed by atoms with Crippen LogP contribution in [0.5, 0.6) is 0 Å². The molecule has 0 saturated heterocycles. The number of fused-ring (bicyclic) bond motifs is 2. The average molecular weight is 467 g/mol. The molecule has 0 spiro atoms. The van der Waals surface area contributed by atoms with Gasteiger partial charge in [0.05, 0.1) is 0 Å². The quantitative estimate of drug-likeness (QED) is 0.274. The van der Waals surface area contributed by atoms with Gasteiger partial charge in [-0.25, -0.2) is 0 Å². The van der Waals surface area contributed by atoms with Crippen LogP contribution in [0.2, 0.25) is 0 Å². The molecule has 0 heteroatoms. The minimum atomic E-state index is 0.0161. The van der Waals surface area contributed by atoms with Gasteiger partial charge in [0, 0.05) is 0 Å². The van der Waals surface area contributed by atoms with Crippen molar-refractivity contribution in [3.8, 4) is 22.3 Å². The molecule has 0 aliphatic heterocycles. The standard InChI is InChI=1S/C36H34/c1-24-21-28-17-11-19-30(26-13-7-5-8-14-26)33(28)32(24)23-36(3,4)35-25(2)22-29-18-12-20-31(34(29)35)27-15-9-6-10-16-27/h5-20H,21-23H2,1-4H3. The van der Waals surface area contributed by atoms with Crippen molar-refractivity contribution in [1.29, 1.82) is 0 Å². The normalized spacial score (nSPS) is 14.9. The highest BCUT2D eigenvalue weighted by Crippen LogP contribution is 2.53. The van der Waals surface area contributed by atoms with E-state index >= 15 is 0 Å². The van der Waals surface area contributed by atoms with Crippen LogP contribution in [0.25, 0.3) is 33.4 Å². The summed E-state index contributed by atoms with van der Waals surface area (Å²) in [6, 6.07) is 35.6. The fourth-order valence-electron chi connectivity index (χ4n) is 6.74. The zero-order valence-electron chi connectivity index (χ0n) is 21.9. The molecule has 0 atom stereocenters. The van der Waals surface area contributed by atoms with E-state index in [9.17, 15) is 0 Å². The number of hydrogen-bond donors (Lipinski definition) is 0. The smallest absolute Gasteiger partial charge is 0.00572 e. The van der Waals surface area contributed by atoms with Crippen LogP contribution in [0.3, 0.4) is 0 Å². The lowest BCUT2D eigenvalue weighted by Gasteiger charge is -2.31. The zero-order chi connectivity index (χ0) is 24.9. The Labute approximate surface area is 216 Å². The Morgan fingerprint density at radius 1 is 0.556 bits per heavy atom. The van der Waals surface area contributed by atoms with Gasteiger partial charge in [0.25, 0.3) is 0 Å². The summed E-state index contributed by atoms with van der Waals surface area (Å²) in [5, 5.41) is 0. The van der Waals surface area contributed by atoms with Gasteiger partial charge >= 0.3 is 0 Å².